The number of nitrogens with zero attached hydrogens (tertiary/aromatic N) is 4. The van der Waals surface area contributed by atoms with Crippen LogP contribution in [0.5, 0.6) is 0 Å². The highest BCUT2D eigenvalue weighted by molar-refractivity contribution is 7.68. The minimum atomic E-state index is -5.56. The molecule has 2 aromatic rings. The van der Waals surface area contributed by atoms with E-state index in [0.717, 1.165) is 6.33 Å². The predicted molar refractivity (Wildman–Crippen MR) is 112 cm³/mol. The van der Waals surface area contributed by atoms with E-state index >= 15 is 0 Å². The Balaban J connectivity index is 1.65. The van der Waals surface area contributed by atoms with Crippen molar-refractivity contribution in [2.45, 2.75) is 31.0 Å². The number of phosphoric ester groups is 1. The van der Waals surface area contributed by atoms with E-state index in [0.29, 0.717) is 0 Å². The maximum Gasteiger partial charge on any atom is 0.488 e. The molecule has 4 unspecified atom stereocenters. The van der Waals surface area contributed by atoms with Crippen molar-refractivity contribution in [1.82, 2.24) is 19.5 Å². The topological polar surface area (TPSA) is 259 Å². The summed E-state index contributed by atoms with van der Waals surface area (Å²) in [4.78, 5) is 40.4. The number of fused-ring (bicyclic) bond motifs is 1. The number of aromatic nitrogens is 4. The molecular weight excluding hydrogens is 523 g/mol. The van der Waals surface area contributed by atoms with Crippen LogP contribution in [0.2, 0.25) is 0 Å². The summed E-state index contributed by atoms with van der Waals surface area (Å²) in [5.74, 6) is 2.07. The zero-order chi connectivity index (χ0) is 25.3. The van der Waals surface area contributed by atoms with Crippen LogP contribution in [0.15, 0.2) is 12.7 Å². The fraction of sp³-hybridized carbons (Fsp3) is 0.500. The van der Waals surface area contributed by atoms with Gasteiger partial charge >= 0.3 is 23.2 Å². The Morgan fingerprint density at radius 1 is 1.12 bits per heavy atom. The fourth-order valence-electron chi connectivity index (χ4n) is 2.90. The van der Waals surface area contributed by atoms with Crippen LogP contribution in [-0.4, -0.2) is 75.5 Å². The lowest BCUT2D eigenvalue weighted by Gasteiger charge is -2.20. The number of aliphatic hydroxyl groups excluding tert-OH is 2. The summed E-state index contributed by atoms with van der Waals surface area (Å²) in [6.07, 6.45) is 0.344. The molecular formula is C14H20N5O12P3. The summed E-state index contributed by atoms with van der Waals surface area (Å²) >= 11 is 0. The van der Waals surface area contributed by atoms with Gasteiger partial charge < -0.3 is 35.4 Å². The molecule has 1 saturated heterocycles. The lowest BCUT2D eigenvalue weighted by Crippen LogP contribution is -2.33. The van der Waals surface area contributed by atoms with Gasteiger partial charge in [0.15, 0.2) is 17.7 Å². The summed E-state index contributed by atoms with van der Waals surface area (Å²) in [6.45, 7) is -0.917. The first-order chi connectivity index (χ1) is 15.8. The van der Waals surface area contributed by atoms with Crippen molar-refractivity contribution in [2.24, 2.45) is 0 Å². The van der Waals surface area contributed by atoms with Crippen LogP contribution in [0.4, 0.5) is 5.82 Å². The van der Waals surface area contributed by atoms with Gasteiger partial charge in [0.2, 0.25) is 0 Å². The van der Waals surface area contributed by atoms with Crippen LogP contribution in [0.25, 0.3) is 11.2 Å². The van der Waals surface area contributed by atoms with Crippen molar-refractivity contribution in [3.63, 3.8) is 0 Å². The van der Waals surface area contributed by atoms with Crippen molar-refractivity contribution < 1.29 is 56.5 Å². The second-order valence-electron chi connectivity index (χ2n) is 6.84. The summed E-state index contributed by atoms with van der Waals surface area (Å²) < 4.78 is 54.8. The Labute approximate surface area is 191 Å². The highest BCUT2D eigenvalue weighted by Gasteiger charge is 2.47. The number of nitrogens with two attached hydrogens (primary N) is 1. The molecule has 3 heterocycles. The first-order valence-electron chi connectivity index (χ1n) is 9.18. The van der Waals surface area contributed by atoms with Crippen LogP contribution in [0.3, 0.4) is 0 Å². The average Bonchev–Trinajstić information content (AvgIpc) is 3.26. The van der Waals surface area contributed by atoms with E-state index in [-0.39, 0.29) is 23.4 Å². The third kappa shape index (κ3) is 6.27. The first-order valence-corrected chi connectivity index (χ1v) is 13.9. The monoisotopic (exact) mass is 543 g/mol. The average molecular weight is 543 g/mol. The van der Waals surface area contributed by atoms with E-state index < -0.39 is 60.5 Å². The van der Waals surface area contributed by atoms with Gasteiger partial charge in [0.05, 0.1) is 19.1 Å². The predicted octanol–water partition coefficient (Wildman–Crippen LogP) is -0.513. The van der Waals surface area contributed by atoms with Crippen LogP contribution in [0, 0.1) is 12.3 Å². The summed E-state index contributed by atoms with van der Waals surface area (Å²) in [7, 11) is -15.7. The van der Waals surface area contributed by atoms with Gasteiger partial charge in [-0.1, -0.05) is 0 Å². The van der Waals surface area contributed by atoms with E-state index in [1.165, 1.54) is 10.9 Å². The number of phosphoric acid groups is 2. The smallest absolute Gasteiger partial charge is 0.387 e. The lowest BCUT2D eigenvalue weighted by molar-refractivity contribution is -0.0503. The van der Waals surface area contributed by atoms with Crippen molar-refractivity contribution in [3.8, 4) is 12.3 Å². The number of hydrogen-bond acceptors (Lipinski definition) is 13. The van der Waals surface area contributed by atoms with Crippen LogP contribution in [0.1, 0.15) is 12.6 Å². The van der Waals surface area contributed by atoms with Crippen molar-refractivity contribution in [2.75, 3.05) is 18.5 Å². The summed E-state index contributed by atoms with van der Waals surface area (Å²) in [6, 6.07) is 0. The van der Waals surface area contributed by atoms with E-state index in [2.05, 4.69) is 28.1 Å². The van der Waals surface area contributed by atoms with Gasteiger partial charge in [-0.05, 0) is 0 Å². The summed E-state index contributed by atoms with van der Waals surface area (Å²) in [5.41, 5.74) is 6.06. The highest BCUT2D eigenvalue weighted by Crippen LogP contribution is 2.67. The van der Waals surface area contributed by atoms with Crippen molar-refractivity contribution >= 4 is 40.2 Å². The van der Waals surface area contributed by atoms with E-state index in [1.54, 1.807) is 0 Å². The van der Waals surface area contributed by atoms with Gasteiger partial charge in [-0.2, -0.15) is 4.31 Å². The largest absolute Gasteiger partial charge is 0.488 e. The van der Waals surface area contributed by atoms with Crippen molar-refractivity contribution in [1.29, 1.82) is 0 Å². The quantitative estimate of drug-likeness (QED) is 0.163. The maximum absolute atomic E-state index is 12.0. The molecule has 7 N–H and O–H groups in total. The van der Waals surface area contributed by atoms with Crippen LogP contribution in [-0.2, 0) is 31.6 Å². The number of rotatable bonds is 10. The number of anilines is 1. The molecule has 3 rings (SSSR count). The standard InChI is InChI=1S/C14H20N5O12P3/c1-2-3-4-32(22,23)30-34(26,27)31-33(24,25)28-5-8-10(20)11(21)14(29-8)19-7-18-9-12(15)16-6-17-13(9)19/h1,6-8,10-11,14,20-21H,3-5H2,(H,22,23)(H,24,25)(H,26,27)(H2,15,16,17)/t8-,10+,11?,14-/m1/s1. The number of aliphatic hydroxyl groups is 2. The molecule has 1 aliphatic heterocycles. The minimum absolute atomic E-state index is 0.0532. The molecule has 188 valence electrons. The van der Waals surface area contributed by atoms with Gasteiger partial charge in [0, 0.05) is 6.42 Å². The van der Waals surface area contributed by atoms with Gasteiger partial charge in [0.25, 0.3) is 0 Å². The van der Waals surface area contributed by atoms with Gasteiger partial charge in [-0.15, -0.1) is 12.3 Å². The molecule has 0 amide bonds. The Bertz CT molecular complexity index is 1230. The van der Waals surface area contributed by atoms with E-state index in [1.807, 2.05) is 5.92 Å². The van der Waals surface area contributed by atoms with Gasteiger partial charge in [0.1, 0.15) is 30.2 Å². The second kappa shape index (κ2) is 10.1. The molecule has 0 bridgehead atoms. The third-order valence-electron chi connectivity index (χ3n) is 4.38. The lowest BCUT2D eigenvalue weighted by atomic mass is 10.1. The molecule has 0 spiro atoms. The molecule has 0 aliphatic carbocycles. The molecule has 7 atom stereocenters. The number of nitrogen functional groups attached to an aromatic ring is 1. The molecule has 0 saturated carbocycles. The van der Waals surface area contributed by atoms with Gasteiger partial charge in [-0.3, -0.25) is 13.7 Å². The maximum atomic E-state index is 12.0. The number of ether oxygens (including phenoxy) is 1. The number of terminal acetylenes is 1. The highest BCUT2D eigenvalue weighted by atomic mass is 31.3. The molecule has 2 aromatic heterocycles. The molecule has 20 heteroatoms. The first kappa shape index (κ1) is 26.8. The van der Waals surface area contributed by atoms with Gasteiger partial charge in [-0.25, -0.2) is 28.4 Å². The second-order valence-corrected chi connectivity index (χ2v) is 12.0. The van der Waals surface area contributed by atoms with E-state index in [4.69, 9.17) is 16.9 Å². The van der Waals surface area contributed by atoms with Crippen LogP contribution >= 0.6 is 23.2 Å². The van der Waals surface area contributed by atoms with E-state index in [9.17, 15) is 38.6 Å². The zero-order valence-electron chi connectivity index (χ0n) is 17.0. The zero-order valence-corrected chi connectivity index (χ0v) is 19.6. The fourth-order valence-corrected chi connectivity index (χ4v) is 6.88. The Kier molecular flexibility index (Phi) is 7.96. The third-order valence-corrected chi connectivity index (χ3v) is 9.14. The Hall–Kier alpha value is -1.76. The summed E-state index contributed by atoms with van der Waals surface area (Å²) in [5, 5.41) is 20.6. The normalized spacial score (nSPS) is 28.1. The van der Waals surface area contributed by atoms with Crippen molar-refractivity contribution in [3.05, 3.63) is 12.7 Å². The number of hydrogen-bond donors (Lipinski definition) is 6. The molecule has 0 radical (unpaired) electrons. The molecule has 34 heavy (non-hydrogen) atoms. The number of imidazole rings is 1. The minimum Gasteiger partial charge on any atom is -0.387 e. The van der Waals surface area contributed by atoms with Crippen LogP contribution < -0.4 is 5.73 Å². The SMILES string of the molecule is C#CCCP(=O)(O)OP(=O)(O)OP(=O)(O)OC[C@H]1O[C@@H](n2cnc3c(N)ncnc32)C(O)[C@H]1O. The molecule has 0 aromatic carbocycles. The Morgan fingerprint density at radius 2 is 1.82 bits per heavy atom. The Morgan fingerprint density at radius 3 is 2.50 bits per heavy atom. The molecule has 1 aliphatic rings. The molecule has 17 nitrogen and oxygen atoms in total. The molecule has 1 fully saturated rings.